The van der Waals surface area contributed by atoms with E-state index in [1.165, 1.54) is 12.8 Å². The molecule has 3 saturated heterocycles. The molecular formula is C30H44N4O3. The van der Waals surface area contributed by atoms with Crippen LogP contribution in [0.25, 0.3) is 0 Å². The van der Waals surface area contributed by atoms with E-state index in [-0.39, 0.29) is 29.7 Å². The number of rotatable bonds is 7. The van der Waals surface area contributed by atoms with Crippen LogP contribution in [0.2, 0.25) is 0 Å². The van der Waals surface area contributed by atoms with E-state index in [2.05, 4.69) is 52.2 Å². The highest BCUT2D eigenvalue weighted by Gasteiger charge is 2.32. The molecule has 3 aliphatic heterocycles. The van der Waals surface area contributed by atoms with Gasteiger partial charge in [0.2, 0.25) is 5.91 Å². The molecule has 0 radical (unpaired) electrons. The standard InChI is InChI=1S/C30H44N4O3/c1-5-34(25-10-15-37-16-11-25)28-19-24(9-8-14-33-12-6-7-13-33)18-26(23(28)4)29(35)31-20-27-21(2)17-22(3)32-30(27)36/h18-19,21-22,25,27H,5-7,10-17,20H2,1-4H3,(H,31,35)(H,32,36). The Balaban J connectivity index is 1.58. The Morgan fingerprint density at radius 3 is 2.62 bits per heavy atom. The van der Waals surface area contributed by atoms with Crippen LogP contribution < -0.4 is 15.5 Å². The summed E-state index contributed by atoms with van der Waals surface area (Å²) in [5.41, 5.74) is 3.55. The van der Waals surface area contributed by atoms with Crippen LogP contribution in [0.1, 0.15) is 74.4 Å². The van der Waals surface area contributed by atoms with Crippen molar-refractivity contribution in [2.24, 2.45) is 11.8 Å². The van der Waals surface area contributed by atoms with E-state index < -0.39 is 0 Å². The quantitative estimate of drug-likeness (QED) is 0.553. The summed E-state index contributed by atoms with van der Waals surface area (Å²) in [6, 6.07) is 4.64. The van der Waals surface area contributed by atoms with Gasteiger partial charge in [0, 0.05) is 55.2 Å². The largest absolute Gasteiger partial charge is 0.381 e. The summed E-state index contributed by atoms with van der Waals surface area (Å²) in [7, 11) is 0. The molecule has 37 heavy (non-hydrogen) atoms. The zero-order chi connectivity index (χ0) is 26.4. The lowest BCUT2D eigenvalue weighted by Gasteiger charge is -2.36. The molecule has 0 aromatic heterocycles. The monoisotopic (exact) mass is 508 g/mol. The van der Waals surface area contributed by atoms with Crippen molar-refractivity contribution < 1.29 is 14.3 Å². The number of hydrogen-bond donors (Lipinski definition) is 2. The van der Waals surface area contributed by atoms with Crippen molar-refractivity contribution in [3.63, 3.8) is 0 Å². The van der Waals surface area contributed by atoms with Gasteiger partial charge >= 0.3 is 0 Å². The van der Waals surface area contributed by atoms with E-state index in [9.17, 15) is 9.59 Å². The molecule has 1 aromatic carbocycles. The number of ether oxygens (including phenoxy) is 1. The Morgan fingerprint density at radius 1 is 1.22 bits per heavy atom. The minimum Gasteiger partial charge on any atom is -0.381 e. The molecule has 3 atom stereocenters. The molecule has 4 rings (SSSR count). The maximum atomic E-state index is 13.5. The summed E-state index contributed by atoms with van der Waals surface area (Å²) in [4.78, 5) is 30.9. The number of hydrogen-bond acceptors (Lipinski definition) is 5. The van der Waals surface area contributed by atoms with Gasteiger partial charge in [-0.05, 0) is 89.6 Å². The Hall–Kier alpha value is -2.56. The SMILES string of the molecule is CCN(c1cc(C#CCN2CCCC2)cc(C(=O)NCC2C(=O)NC(C)CC2C)c1C)C1CCOCC1. The highest BCUT2D eigenvalue weighted by molar-refractivity contribution is 5.98. The van der Waals surface area contributed by atoms with E-state index in [0.717, 1.165) is 75.5 Å². The normalized spacial score (nSPS) is 24.8. The van der Waals surface area contributed by atoms with Crippen molar-refractivity contribution >= 4 is 17.5 Å². The van der Waals surface area contributed by atoms with Gasteiger partial charge in [-0.15, -0.1) is 0 Å². The van der Waals surface area contributed by atoms with E-state index in [1.807, 2.05) is 19.9 Å². The van der Waals surface area contributed by atoms with Gasteiger partial charge in [-0.1, -0.05) is 18.8 Å². The lowest BCUT2D eigenvalue weighted by Crippen LogP contribution is -2.50. The lowest BCUT2D eigenvalue weighted by molar-refractivity contribution is -0.129. The average molecular weight is 509 g/mol. The number of likely N-dealkylation sites (tertiary alicyclic amines) is 1. The first-order chi connectivity index (χ1) is 17.9. The van der Waals surface area contributed by atoms with Crippen molar-refractivity contribution in [1.29, 1.82) is 0 Å². The van der Waals surface area contributed by atoms with Gasteiger partial charge in [-0.25, -0.2) is 0 Å². The molecule has 3 fully saturated rings. The van der Waals surface area contributed by atoms with Gasteiger partial charge in [0.25, 0.3) is 5.91 Å². The number of nitrogens with zero attached hydrogens (tertiary/aromatic N) is 2. The van der Waals surface area contributed by atoms with Crippen LogP contribution in [-0.2, 0) is 9.53 Å². The first-order valence-corrected chi connectivity index (χ1v) is 14.2. The topological polar surface area (TPSA) is 73.9 Å². The van der Waals surface area contributed by atoms with Crippen molar-refractivity contribution in [2.45, 2.75) is 71.9 Å². The van der Waals surface area contributed by atoms with E-state index in [4.69, 9.17) is 4.74 Å². The van der Waals surface area contributed by atoms with Gasteiger partial charge < -0.3 is 20.3 Å². The van der Waals surface area contributed by atoms with Gasteiger partial charge in [0.15, 0.2) is 0 Å². The maximum Gasteiger partial charge on any atom is 0.251 e. The Bertz CT molecular complexity index is 1020. The van der Waals surface area contributed by atoms with Crippen LogP contribution in [-0.4, -0.2) is 74.7 Å². The molecule has 202 valence electrons. The molecule has 3 aliphatic rings. The van der Waals surface area contributed by atoms with Crippen molar-refractivity contribution in [2.75, 3.05) is 50.8 Å². The highest BCUT2D eigenvalue weighted by atomic mass is 16.5. The molecular weight excluding hydrogens is 464 g/mol. The number of carbonyl (C=O) groups is 2. The van der Waals surface area contributed by atoms with Crippen LogP contribution in [0.15, 0.2) is 12.1 Å². The molecule has 7 heteroatoms. The third kappa shape index (κ3) is 6.86. The first-order valence-electron chi connectivity index (χ1n) is 14.2. The number of amides is 2. The third-order valence-corrected chi connectivity index (χ3v) is 8.26. The maximum absolute atomic E-state index is 13.5. The van der Waals surface area contributed by atoms with Gasteiger partial charge in [0.05, 0.1) is 12.5 Å². The zero-order valence-electron chi connectivity index (χ0n) is 23.1. The molecule has 2 amide bonds. The average Bonchev–Trinajstić information content (AvgIpc) is 3.39. The second kappa shape index (κ2) is 12.8. The number of nitrogens with one attached hydrogen (secondary N) is 2. The molecule has 7 nitrogen and oxygen atoms in total. The second-order valence-electron chi connectivity index (χ2n) is 11.0. The molecule has 0 aliphatic carbocycles. The van der Waals surface area contributed by atoms with Crippen LogP contribution in [0.5, 0.6) is 0 Å². The molecule has 0 saturated carbocycles. The molecule has 0 bridgehead atoms. The predicted octanol–water partition coefficient (Wildman–Crippen LogP) is 3.34. The Kier molecular flexibility index (Phi) is 9.50. The van der Waals surface area contributed by atoms with E-state index >= 15 is 0 Å². The fourth-order valence-corrected chi connectivity index (χ4v) is 6.10. The summed E-state index contributed by atoms with van der Waals surface area (Å²) < 4.78 is 5.61. The minimum absolute atomic E-state index is 0.0298. The fraction of sp³-hybridized carbons (Fsp3) is 0.667. The smallest absolute Gasteiger partial charge is 0.251 e. The number of carbonyl (C=O) groups excluding carboxylic acids is 2. The minimum atomic E-state index is -0.210. The summed E-state index contributed by atoms with van der Waals surface area (Å²) >= 11 is 0. The summed E-state index contributed by atoms with van der Waals surface area (Å²) in [5.74, 6) is 6.61. The van der Waals surface area contributed by atoms with Crippen LogP contribution >= 0.6 is 0 Å². The predicted molar refractivity (Wildman–Crippen MR) is 148 cm³/mol. The molecule has 0 spiro atoms. The zero-order valence-corrected chi connectivity index (χ0v) is 23.1. The van der Waals surface area contributed by atoms with Crippen LogP contribution in [0.3, 0.4) is 0 Å². The van der Waals surface area contributed by atoms with Crippen molar-refractivity contribution in [3.8, 4) is 11.8 Å². The molecule has 1 aromatic rings. The molecule has 3 heterocycles. The van der Waals surface area contributed by atoms with E-state index in [0.29, 0.717) is 18.2 Å². The van der Waals surface area contributed by atoms with E-state index in [1.54, 1.807) is 0 Å². The van der Waals surface area contributed by atoms with Gasteiger partial charge in [-0.2, -0.15) is 0 Å². The molecule has 3 unspecified atom stereocenters. The number of anilines is 1. The van der Waals surface area contributed by atoms with Crippen LogP contribution in [0, 0.1) is 30.6 Å². The Morgan fingerprint density at radius 2 is 1.95 bits per heavy atom. The van der Waals surface area contributed by atoms with Gasteiger partial charge in [-0.3, -0.25) is 14.5 Å². The molecule has 2 N–H and O–H groups in total. The van der Waals surface area contributed by atoms with Crippen molar-refractivity contribution in [3.05, 3.63) is 28.8 Å². The summed E-state index contributed by atoms with van der Waals surface area (Å²) in [6.45, 7) is 14.0. The van der Waals surface area contributed by atoms with Crippen molar-refractivity contribution in [1.82, 2.24) is 15.5 Å². The van der Waals surface area contributed by atoms with Crippen LogP contribution in [0.4, 0.5) is 5.69 Å². The lowest BCUT2D eigenvalue weighted by atomic mass is 9.84. The third-order valence-electron chi connectivity index (χ3n) is 8.26. The summed E-state index contributed by atoms with van der Waals surface area (Å²) in [6.07, 6.45) is 5.37. The fourth-order valence-electron chi connectivity index (χ4n) is 6.10. The second-order valence-corrected chi connectivity index (χ2v) is 11.0. The first kappa shape index (κ1) is 27.5. The highest BCUT2D eigenvalue weighted by Crippen LogP contribution is 2.30. The van der Waals surface area contributed by atoms with Gasteiger partial charge in [0.1, 0.15) is 0 Å². The number of benzene rings is 1. The number of piperidine rings is 1. The Labute approximate surface area is 222 Å². The summed E-state index contributed by atoms with van der Waals surface area (Å²) in [5, 5.41) is 6.11.